The van der Waals surface area contributed by atoms with Crippen molar-refractivity contribution in [1.29, 1.82) is 0 Å². The van der Waals surface area contributed by atoms with E-state index in [-0.39, 0.29) is 23.7 Å². The zero-order valence-corrected chi connectivity index (χ0v) is 18.1. The SMILES string of the molecule is CCNC(=O)NCC1C=C(C)C(Cc2nnc(-c3ccccc3F)o2)CC1C(C)C. The largest absolute Gasteiger partial charge is 0.421 e. The van der Waals surface area contributed by atoms with Crippen LogP contribution in [-0.2, 0) is 6.42 Å². The number of benzene rings is 1. The quantitative estimate of drug-likeness (QED) is 0.650. The molecule has 1 aliphatic carbocycles. The summed E-state index contributed by atoms with van der Waals surface area (Å²) in [5.41, 5.74) is 1.59. The third-order valence-corrected chi connectivity index (χ3v) is 5.91. The van der Waals surface area contributed by atoms with E-state index in [1.54, 1.807) is 18.2 Å². The Morgan fingerprint density at radius 3 is 2.73 bits per heavy atom. The third kappa shape index (κ3) is 5.26. The monoisotopic (exact) mass is 414 g/mol. The number of aromatic nitrogens is 2. The van der Waals surface area contributed by atoms with Crippen molar-refractivity contribution in [3.63, 3.8) is 0 Å². The van der Waals surface area contributed by atoms with Gasteiger partial charge in [-0.3, -0.25) is 0 Å². The molecule has 0 fully saturated rings. The van der Waals surface area contributed by atoms with Gasteiger partial charge in [-0.25, -0.2) is 9.18 Å². The molecule has 1 aromatic carbocycles. The standard InChI is InChI=1S/C23H31FN4O2/c1-5-25-23(29)26-13-17-10-15(4)16(11-19(17)14(2)3)12-21-27-28-22(30-21)18-8-6-7-9-20(18)24/h6-10,14,16-17,19H,5,11-13H2,1-4H3,(H2,25,26,29). The number of hydrogen-bond donors (Lipinski definition) is 2. The number of carbonyl (C=O) groups excluding carboxylic acids is 1. The summed E-state index contributed by atoms with van der Waals surface area (Å²) in [7, 11) is 0. The van der Waals surface area contributed by atoms with Gasteiger partial charge in [-0.05, 0) is 56.1 Å². The van der Waals surface area contributed by atoms with Crippen LogP contribution in [0, 0.1) is 29.5 Å². The second-order valence-electron chi connectivity index (χ2n) is 8.34. The van der Waals surface area contributed by atoms with Gasteiger partial charge in [0.15, 0.2) is 0 Å². The zero-order chi connectivity index (χ0) is 21.7. The topological polar surface area (TPSA) is 80.0 Å². The van der Waals surface area contributed by atoms with Gasteiger partial charge < -0.3 is 15.1 Å². The molecule has 30 heavy (non-hydrogen) atoms. The van der Waals surface area contributed by atoms with Crippen LogP contribution in [0.1, 0.15) is 40.0 Å². The summed E-state index contributed by atoms with van der Waals surface area (Å²) in [4.78, 5) is 11.8. The van der Waals surface area contributed by atoms with Crippen LogP contribution in [0.15, 0.2) is 40.3 Å². The maximum Gasteiger partial charge on any atom is 0.314 e. The Hall–Kier alpha value is -2.70. The molecule has 7 heteroatoms. The molecule has 0 saturated heterocycles. The molecule has 6 nitrogen and oxygen atoms in total. The predicted molar refractivity (Wildman–Crippen MR) is 114 cm³/mol. The van der Waals surface area contributed by atoms with Crippen LogP contribution in [0.25, 0.3) is 11.5 Å². The smallest absolute Gasteiger partial charge is 0.314 e. The van der Waals surface area contributed by atoms with Gasteiger partial charge in [0, 0.05) is 19.5 Å². The van der Waals surface area contributed by atoms with Gasteiger partial charge in [0.2, 0.25) is 5.89 Å². The summed E-state index contributed by atoms with van der Waals surface area (Å²) in [5, 5.41) is 14.0. The molecule has 2 aromatic rings. The van der Waals surface area contributed by atoms with Crippen LogP contribution < -0.4 is 10.6 Å². The van der Waals surface area contributed by atoms with Crippen molar-refractivity contribution in [3.8, 4) is 11.5 Å². The second-order valence-corrected chi connectivity index (χ2v) is 8.34. The first kappa shape index (κ1) is 22.0. The van der Waals surface area contributed by atoms with Crippen LogP contribution in [0.2, 0.25) is 0 Å². The molecule has 1 aliphatic rings. The summed E-state index contributed by atoms with van der Waals surface area (Å²) in [6, 6.07) is 6.28. The van der Waals surface area contributed by atoms with Crippen molar-refractivity contribution in [1.82, 2.24) is 20.8 Å². The average Bonchev–Trinajstić information content (AvgIpc) is 3.16. The van der Waals surface area contributed by atoms with E-state index in [1.165, 1.54) is 11.6 Å². The Kier molecular flexibility index (Phi) is 7.24. The Bertz CT molecular complexity index is 893. The number of rotatable bonds is 7. The molecule has 1 heterocycles. The van der Waals surface area contributed by atoms with Crippen LogP contribution in [0.3, 0.4) is 0 Å². The van der Waals surface area contributed by atoms with E-state index in [0.29, 0.717) is 48.7 Å². The number of amides is 2. The van der Waals surface area contributed by atoms with E-state index in [2.05, 4.69) is 47.7 Å². The molecule has 0 bridgehead atoms. The van der Waals surface area contributed by atoms with Crippen LogP contribution in [0.5, 0.6) is 0 Å². The predicted octanol–water partition coefficient (Wildman–Crippen LogP) is 4.59. The molecule has 0 aliphatic heterocycles. The molecule has 3 unspecified atom stereocenters. The fraction of sp³-hybridized carbons (Fsp3) is 0.522. The summed E-state index contributed by atoms with van der Waals surface area (Å²) in [5.74, 6) is 1.86. The highest BCUT2D eigenvalue weighted by molar-refractivity contribution is 5.73. The number of carbonyl (C=O) groups is 1. The molecule has 2 amide bonds. The molecule has 162 valence electrons. The van der Waals surface area contributed by atoms with Crippen molar-refractivity contribution < 1.29 is 13.6 Å². The van der Waals surface area contributed by atoms with Gasteiger partial charge in [0.05, 0.1) is 5.56 Å². The first-order valence-electron chi connectivity index (χ1n) is 10.7. The maximum absolute atomic E-state index is 14.0. The molecule has 1 aromatic heterocycles. The molecule has 0 saturated carbocycles. The van der Waals surface area contributed by atoms with Crippen LogP contribution in [-0.4, -0.2) is 29.3 Å². The normalized spacial score (nSPS) is 21.4. The Labute approximate surface area is 177 Å². The fourth-order valence-electron chi connectivity index (χ4n) is 4.23. The van der Waals surface area contributed by atoms with Crippen LogP contribution >= 0.6 is 0 Å². The zero-order valence-electron chi connectivity index (χ0n) is 18.1. The lowest BCUT2D eigenvalue weighted by molar-refractivity contribution is 0.211. The van der Waals surface area contributed by atoms with Crippen molar-refractivity contribution in [3.05, 3.63) is 47.6 Å². The molecule has 2 N–H and O–H groups in total. The number of nitrogens with zero attached hydrogens (tertiary/aromatic N) is 2. The number of halogens is 1. The minimum Gasteiger partial charge on any atom is -0.421 e. The second kappa shape index (κ2) is 9.87. The van der Waals surface area contributed by atoms with Gasteiger partial charge in [0.1, 0.15) is 5.82 Å². The van der Waals surface area contributed by atoms with Crippen molar-refractivity contribution >= 4 is 6.03 Å². The summed E-state index contributed by atoms with van der Waals surface area (Å²) in [6.45, 7) is 9.70. The lowest BCUT2D eigenvalue weighted by Crippen LogP contribution is -2.41. The first-order valence-corrected chi connectivity index (χ1v) is 10.7. The summed E-state index contributed by atoms with van der Waals surface area (Å²) >= 11 is 0. The molecule has 3 rings (SSSR count). The fourth-order valence-corrected chi connectivity index (χ4v) is 4.23. The van der Waals surface area contributed by atoms with Crippen molar-refractivity contribution in [2.24, 2.45) is 23.7 Å². The minimum atomic E-state index is -0.372. The molecule has 0 radical (unpaired) electrons. The van der Waals surface area contributed by atoms with Crippen molar-refractivity contribution in [2.45, 2.75) is 40.5 Å². The average molecular weight is 415 g/mol. The Morgan fingerprint density at radius 1 is 1.27 bits per heavy atom. The molecular formula is C23H31FN4O2. The van der Waals surface area contributed by atoms with E-state index in [0.717, 1.165) is 6.42 Å². The summed E-state index contributed by atoms with van der Waals surface area (Å²) < 4.78 is 19.8. The van der Waals surface area contributed by atoms with E-state index >= 15 is 0 Å². The van der Waals surface area contributed by atoms with Gasteiger partial charge in [-0.15, -0.1) is 10.2 Å². The summed E-state index contributed by atoms with van der Waals surface area (Å²) in [6.07, 6.45) is 3.89. The first-order chi connectivity index (χ1) is 14.4. The van der Waals surface area contributed by atoms with Gasteiger partial charge in [-0.1, -0.05) is 37.6 Å². The van der Waals surface area contributed by atoms with Crippen molar-refractivity contribution in [2.75, 3.05) is 13.1 Å². The third-order valence-electron chi connectivity index (χ3n) is 5.91. The molecular weight excluding hydrogens is 383 g/mol. The number of hydrogen-bond acceptors (Lipinski definition) is 4. The highest BCUT2D eigenvalue weighted by Gasteiger charge is 2.32. The van der Waals surface area contributed by atoms with E-state index in [1.807, 2.05) is 6.92 Å². The lowest BCUT2D eigenvalue weighted by Gasteiger charge is -2.37. The van der Waals surface area contributed by atoms with Crippen LogP contribution in [0.4, 0.5) is 9.18 Å². The maximum atomic E-state index is 14.0. The highest BCUT2D eigenvalue weighted by Crippen LogP contribution is 2.38. The lowest BCUT2D eigenvalue weighted by atomic mass is 9.70. The molecule has 3 atom stereocenters. The molecule has 0 spiro atoms. The van der Waals surface area contributed by atoms with Gasteiger partial charge >= 0.3 is 6.03 Å². The van der Waals surface area contributed by atoms with Gasteiger partial charge in [-0.2, -0.15) is 0 Å². The minimum absolute atomic E-state index is 0.125. The number of nitrogens with one attached hydrogen (secondary N) is 2. The van der Waals surface area contributed by atoms with E-state index in [9.17, 15) is 9.18 Å². The number of urea groups is 1. The number of allylic oxidation sites excluding steroid dienone is 1. The highest BCUT2D eigenvalue weighted by atomic mass is 19.1. The van der Waals surface area contributed by atoms with E-state index in [4.69, 9.17) is 4.42 Å². The Morgan fingerprint density at radius 2 is 2.03 bits per heavy atom. The van der Waals surface area contributed by atoms with E-state index < -0.39 is 0 Å². The van der Waals surface area contributed by atoms with Gasteiger partial charge in [0.25, 0.3) is 5.89 Å². The Balaban J connectivity index is 1.70.